The third kappa shape index (κ3) is 2.34. The molecule has 1 aliphatic carbocycles. The summed E-state index contributed by atoms with van der Waals surface area (Å²) in [6, 6.07) is 3.35. The lowest BCUT2D eigenvalue weighted by molar-refractivity contribution is 0.369. The summed E-state index contributed by atoms with van der Waals surface area (Å²) < 4.78 is 28.3. The highest BCUT2D eigenvalue weighted by Crippen LogP contribution is 2.36. The largest absolute Gasteiger partial charge is 0.361 e. The quantitative estimate of drug-likeness (QED) is 0.885. The fourth-order valence-electron chi connectivity index (χ4n) is 2.92. The molecule has 2 aliphatic rings. The average Bonchev–Trinajstić information content (AvgIpc) is 3.21. The molecule has 0 aromatic heterocycles. The molecule has 2 unspecified atom stereocenters. The van der Waals surface area contributed by atoms with E-state index in [0.717, 1.165) is 6.54 Å². The highest BCUT2D eigenvalue weighted by atomic mass is 19.1. The maximum absolute atomic E-state index is 14.3. The van der Waals surface area contributed by atoms with E-state index in [1.54, 1.807) is 6.92 Å². The van der Waals surface area contributed by atoms with Crippen molar-refractivity contribution in [3.63, 3.8) is 0 Å². The smallest absolute Gasteiger partial charge is 0.152 e. The first-order chi connectivity index (χ1) is 9.08. The number of nitrogens with zero attached hydrogens (tertiary/aromatic N) is 1. The van der Waals surface area contributed by atoms with Crippen LogP contribution in [-0.4, -0.2) is 25.2 Å². The first kappa shape index (κ1) is 12.9. The molecule has 3 rings (SSSR count). The first-order valence-corrected chi connectivity index (χ1v) is 7.02. The first-order valence-electron chi connectivity index (χ1n) is 7.02. The van der Waals surface area contributed by atoms with Crippen LogP contribution < -0.4 is 10.2 Å². The molecule has 1 saturated carbocycles. The molecule has 4 heteroatoms. The summed E-state index contributed by atoms with van der Waals surface area (Å²) in [7, 11) is 0. The highest BCUT2D eigenvalue weighted by Gasteiger charge is 2.37. The van der Waals surface area contributed by atoms with Crippen LogP contribution in [-0.2, 0) is 0 Å². The molecule has 19 heavy (non-hydrogen) atoms. The predicted molar refractivity (Wildman–Crippen MR) is 72.4 cm³/mol. The van der Waals surface area contributed by atoms with Crippen LogP contribution in [0.4, 0.5) is 14.5 Å². The van der Waals surface area contributed by atoms with Crippen LogP contribution in [0.5, 0.6) is 0 Å². The third-order valence-corrected chi connectivity index (χ3v) is 4.34. The van der Waals surface area contributed by atoms with Crippen molar-refractivity contribution in [2.75, 3.05) is 18.0 Å². The molecule has 2 nitrogen and oxygen atoms in total. The maximum atomic E-state index is 14.3. The van der Waals surface area contributed by atoms with E-state index in [4.69, 9.17) is 0 Å². The minimum Gasteiger partial charge on any atom is -0.361 e. The number of hydrogen-bond acceptors (Lipinski definition) is 2. The Labute approximate surface area is 112 Å². The molecule has 1 heterocycles. The number of halogens is 2. The number of rotatable bonds is 2. The molecule has 1 N–H and O–H groups in total. The third-order valence-electron chi connectivity index (χ3n) is 4.34. The second kappa shape index (κ2) is 4.75. The number of piperazine rings is 1. The fraction of sp³-hybridized carbons (Fsp3) is 0.600. The molecule has 0 amide bonds. The van der Waals surface area contributed by atoms with Crippen molar-refractivity contribution in [1.29, 1.82) is 0 Å². The molecule has 104 valence electrons. The standard InChI is InChI=1S/C15H20F2N2/c1-9-3-6-12(16)15(14(9)17)19-8-13(11-4-5-11)18-7-10(19)2/h3,6,10-11,13,18H,4-5,7-8H2,1-2H3. The summed E-state index contributed by atoms with van der Waals surface area (Å²) in [5, 5.41) is 3.50. The van der Waals surface area contributed by atoms with Gasteiger partial charge in [0.2, 0.25) is 0 Å². The van der Waals surface area contributed by atoms with Crippen LogP contribution >= 0.6 is 0 Å². The van der Waals surface area contributed by atoms with Gasteiger partial charge >= 0.3 is 0 Å². The molecule has 1 aromatic carbocycles. The zero-order valence-corrected chi connectivity index (χ0v) is 11.4. The Hall–Kier alpha value is -1.16. The average molecular weight is 266 g/mol. The van der Waals surface area contributed by atoms with E-state index < -0.39 is 11.6 Å². The molecule has 1 aromatic rings. The molecule has 1 aliphatic heterocycles. The molecular formula is C15H20F2N2. The monoisotopic (exact) mass is 266 g/mol. The van der Waals surface area contributed by atoms with E-state index in [1.165, 1.54) is 25.0 Å². The van der Waals surface area contributed by atoms with E-state index in [1.807, 2.05) is 11.8 Å². The number of aryl methyl sites for hydroxylation is 1. The topological polar surface area (TPSA) is 15.3 Å². The van der Waals surface area contributed by atoms with Gasteiger partial charge in [-0.15, -0.1) is 0 Å². The summed E-state index contributed by atoms with van der Waals surface area (Å²) >= 11 is 0. The zero-order valence-electron chi connectivity index (χ0n) is 11.4. The molecule has 1 saturated heterocycles. The lowest BCUT2D eigenvalue weighted by Gasteiger charge is -2.41. The van der Waals surface area contributed by atoms with E-state index in [-0.39, 0.29) is 11.7 Å². The van der Waals surface area contributed by atoms with Crippen LogP contribution in [0.25, 0.3) is 0 Å². The summed E-state index contributed by atoms with van der Waals surface area (Å²) in [6.07, 6.45) is 2.47. The van der Waals surface area contributed by atoms with Gasteiger partial charge in [0.25, 0.3) is 0 Å². The molecule has 0 bridgehead atoms. The van der Waals surface area contributed by atoms with Gasteiger partial charge in [-0.1, -0.05) is 6.07 Å². The number of anilines is 1. The zero-order chi connectivity index (χ0) is 13.6. The van der Waals surface area contributed by atoms with Crippen LogP contribution in [0.15, 0.2) is 12.1 Å². The van der Waals surface area contributed by atoms with Gasteiger partial charge < -0.3 is 10.2 Å². The Morgan fingerprint density at radius 2 is 2.00 bits per heavy atom. The van der Waals surface area contributed by atoms with E-state index in [9.17, 15) is 8.78 Å². The van der Waals surface area contributed by atoms with Crippen molar-refractivity contribution in [2.45, 2.75) is 38.8 Å². The molecule has 0 spiro atoms. The van der Waals surface area contributed by atoms with Gasteiger partial charge in [0.1, 0.15) is 11.5 Å². The number of hydrogen-bond donors (Lipinski definition) is 1. The predicted octanol–water partition coefficient (Wildman–Crippen LogP) is 2.85. The SMILES string of the molecule is Cc1ccc(F)c(N2CC(C3CC3)NCC2C)c1F. The van der Waals surface area contributed by atoms with Gasteiger partial charge in [0.05, 0.1) is 0 Å². The Kier molecular flexibility index (Phi) is 3.21. The van der Waals surface area contributed by atoms with Crippen LogP contribution in [0.1, 0.15) is 25.3 Å². The second-order valence-electron chi connectivity index (χ2n) is 5.88. The lowest BCUT2D eigenvalue weighted by Crippen LogP contribution is -2.56. The Bertz CT molecular complexity index is 485. The van der Waals surface area contributed by atoms with Crippen molar-refractivity contribution in [3.8, 4) is 0 Å². The highest BCUT2D eigenvalue weighted by molar-refractivity contribution is 5.53. The number of nitrogens with one attached hydrogen (secondary N) is 1. The Balaban J connectivity index is 1.92. The van der Waals surface area contributed by atoms with E-state index in [0.29, 0.717) is 24.1 Å². The van der Waals surface area contributed by atoms with E-state index >= 15 is 0 Å². The second-order valence-corrected chi connectivity index (χ2v) is 5.88. The maximum Gasteiger partial charge on any atom is 0.152 e. The minimum atomic E-state index is -0.452. The summed E-state index contributed by atoms with van der Waals surface area (Å²) in [6.45, 7) is 5.18. The van der Waals surface area contributed by atoms with Gasteiger partial charge in [-0.2, -0.15) is 0 Å². The molecular weight excluding hydrogens is 246 g/mol. The van der Waals surface area contributed by atoms with Crippen LogP contribution in [0, 0.1) is 24.5 Å². The van der Waals surface area contributed by atoms with Crippen molar-refractivity contribution in [2.24, 2.45) is 5.92 Å². The Morgan fingerprint density at radius 1 is 1.26 bits per heavy atom. The van der Waals surface area contributed by atoms with Crippen molar-refractivity contribution >= 4 is 5.69 Å². The minimum absolute atomic E-state index is 0.112. The van der Waals surface area contributed by atoms with Crippen molar-refractivity contribution in [1.82, 2.24) is 5.32 Å². The van der Waals surface area contributed by atoms with Crippen LogP contribution in [0.3, 0.4) is 0 Å². The van der Waals surface area contributed by atoms with Gasteiger partial charge in [0.15, 0.2) is 5.82 Å². The summed E-state index contributed by atoms with van der Waals surface area (Å²) in [5.74, 6) is -0.180. The van der Waals surface area contributed by atoms with Gasteiger partial charge in [-0.3, -0.25) is 0 Å². The van der Waals surface area contributed by atoms with Gasteiger partial charge in [-0.05, 0) is 44.2 Å². The normalized spacial score (nSPS) is 27.7. The number of benzene rings is 1. The lowest BCUT2D eigenvalue weighted by atomic mass is 10.0. The molecule has 0 radical (unpaired) electrons. The fourth-order valence-corrected chi connectivity index (χ4v) is 2.92. The Morgan fingerprint density at radius 3 is 2.68 bits per heavy atom. The van der Waals surface area contributed by atoms with Crippen LogP contribution in [0.2, 0.25) is 0 Å². The van der Waals surface area contributed by atoms with Gasteiger partial charge in [0, 0.05) is 25.2 Å². The molecule has 2 fully saturated rings. The van der Waals surface area contributed by atoms with Crippen molar-refractivity contribution < 1.29 is 8.78 Å². The van der Waals surface area contributed by atoms with E-state index in [2.05, 4.69) is 5.32 Å². The molecule has 2 atom stereocenters. The summed E-state index contributed by atoms with van der Waals surface area (Å²) in [4.78, 5) is 1.90. The van der Waals surface area contributed by atoms with Crippen molar-refractivity contribution in [3.05, 3.63) is 29.3 Å². The summed E-state index contributed by atoms with van der Waals surface area (Å²) in [5.41, 5.74) is 0.657. The van der Waals surface area contributed by atoms with Gasteiger partial charge in [-0.25, -0.2) is 8.78 Å².